The quantitative estimate of drug-likeness (QED) is 0.0258. The van der Waals surface area contributed by atoms with E-state index in [1.54, 1.807) is 0 Å². The summed E-state index contributed by atoms with van der Waals surface area (Å²) < 4.78 is 22.8. The van der Waals surface area contributed by atoms with Gasteiger partial charge in [0.1, 0.15) is 0 Å². The first-order chi connectivity index (χ1) is 28.2. The van der Waals surface area contributed by atoms with Crippen molar-refractivity contribution < 1.29 is 37.6 Å². The third-order valence-corrected chi connectivity index (χ3v) is 15.5. The summed E-state index contributed by atoms with van der Waals surface area (Å²) in [7, 11) is 0. The first kappa shape index (κ1) is 65.7. The minimum atomic E-state index is -2.43. The molecule has 0 bridgehead atoms. The molecule has 0 aromatic carbocycles. The van der Waals surface area contributed by atoms with Gasteiger partial charge in [-0.3, -0.25) is 0 Å². The molecule has 0 saturated heterocycles. The van der Waals surface area contributed by atoms with E-state index in [0.29, 0.717) is 26.4 Å². The topological polar surface area (TPSA) is 36.9 Å². The van der Waals surface area contributed by atoms with Crippen molar-refractivity contribution >= 4 is 59.5 Å². The summed E-state index contributed by atoms with van der Waals surface area (Å²) in [5.74, 6) is 0. The van der Waals surface area contributed by atoms with Gasteiger partial charge >= 0.3 is 19.5 Å². The van der Waals surface area contributed by atoms with Crippen LogP contribution in [0.4, 0.5) is 0 Å². The summed E-state index contributed by atoms with van der Waals surface area (Å²) in [5.41, 5.74) is -4.86. The fraction of sp³-hybridized carbons (Fsp3) is 1.00. The van der Waals surface area contributed by atoms with Gasteiger partial charge in [0.25, 0.3) is 0 Å². The van der Waals surface area contributed by atoms with Gasteiger partial charge < -0.3 is 42.6 Å². The molecule has 0 saturated carbocycles. The van der Waals surface area contributed by atoms with Gasteiger partial charge in [0.15, 0.2) is 0 Å². The maximum absolute atomic E-state index is 5.71. The number of rotatable bonds is 48. The zero-order valence-electron chi connectivity index (χ0n) is 40.0. The largest absolute Gasteiger partial charge is 2.00 e. The molecule has 0 aromatic heterocycles. The summed E-state index contributed by atoms with van der Waals surface area (Å²) in [4.78, 5) is 0. The van der Waals surface area contributed by atoms with E-state index >= 15 is 0 Å². The second kappa shape index (κ2) is 54.8. The molecule has 0 N–H and O–H groups in total. The van der Waals surface area contributed by atoms with Gasteiger partial charge in [-0.25, -0.2) is 0 Å². The van der Waals surface area contributed by atoms with Gasteiger partial charge in [-0.1, -0.05) is 282 Å². The maximum atomic E-state index is 5.71. The van der Waals surface area contributed by atoms with Crippen molar-refractivity contribution in [1.82, 2.24) is 0 Å². The van der Waals surface area contributed by atoms with E-state index in [2.05, 4.69) is 27.7 Å². The summed E-state index contributed by atoms with van der Waals surface area (Å²) in [6.07, 6.45) is 53.0. The van der Waals surface area contributed by atoms with Crippen LogP contribution < -0.4 is 0 Å². The second-order valence-electron chi connectivity index (χ2n) is 17.0. The maximum Gasteiger partial charge on any atom is 2.00 e. The molecule has 4 nitrogen and oxygen atoms in total. The molecule has 0 spiro atoms. The smallest absolute Gasteiger partial charge is 0.691 e. The Morgan fingerprint density at radius 1 is 0.254 bits per heavy atom. The minimum Gasteiger partial charge on any atom is -0.691 e. The van der Waals surface area contributed by atoms with Crippen LogP contribution in [0.25, 0.3) is 0 Å². The van der Waals surface area contributed by atoms with Gasteiger partial charge in [-0.05, 0) is 25.7 Å². The Morgan fingerprint density at radius 2 is 0.373 bits per heavy atom. The van der Waals surface area contributed by atoms with Crippen LogP contribution in [0.3, 0.4) is 0 Å². The SMILES string of the molecule is CCCCCCCCCCCCOP(=S)([S-])OCCCCCCCCCCCC.CCCCCCCCCCCCOP(=S)([S-])OCCCCCCCCCCCC.[Zn+2]. The monoisotopic (exact) mass is 995 g/mol. The Labute approximate surface area is 405 Å². The van der Waals surface area contributed by atoms with Gasteiger partial charge in [0.2, 0.25) is 0 Å². The minimum absolute atomic E-state index is 0. The normalized spacial score (nSPS) is 11.8. The van der Waals surface area contributed by atoms with Crippen LogP contribution in [0.15, 0.2) is 0 Å². The van der Waals surface area contributed by atoms with Crippen LogP contribution in [-0.2, 0) is 85.7 Å². The van der Waals surface area contributed by atoms with E-state index in [0.717, 1.165) is 25.7 Å². The van der Waals surface area contributed by atoms with Gasteiger partial charge in [0.05, 0.1) is 37.8 Å². The third kappa shape index (κ3) is 60.5. The van der Waals surface area contributed by atoms with Crippen molar-refractivity contribution in [2.24, 2.45) is 0 Å². The van der Waals surface area contributed by atoms with Crippen LogP contribution in [0.1, 0.15) is 285 Å². The predicted molar refractivity (Wildman–Crippen MR) is 274 cm³/mol. The molecule has 0 rings (SSSR count). The molecule has 0 aliphatic carbocycles. The van der Waals surface area contributed by atoms with Crippen LogP contribution in [-0.4, -0.2) is 26.4 Å². The fourth-order valence-electron chi connectivity index (χ4n) is 7.14. The number of unbranched alkanes of at least 4 members (excludes halogenated alkanes) is 36. The van der Waals surface area contributed by atoms with E-state index in [4.69, 9.17) is 66.2 Å². The molecule has 0 fully saturated rings. The molecular weight excluding hydrogens is 896 g/mol. The van der Waals surface area contributed by atoms with Gasteiger partial charge in [0, 0.05) is 0 Å². The summed E-state index contributed by atoms with van der Waals surface area (Å²) >= 11 is 21.5. The van der Waals surface area contributed by atoms with Gasteiger partial charge in [-0.2, -0.15) is 0 Å². The first-order valence-electron chi connectivity index (χ1n) is 25.4. The molecule has 0 amide bonds. The molecule has 0 aliphatic heterocycles. The van der Waals surface area contributed by atoms with E-state index in [-0.39, 0.29) is 19.5 Å². The van der Waals surface area contributed by atoms with Crippen LogP contribution in [0, 0.1) is 0 Å². The van der Waals surface area contributed by atoms with E-state index < -0.39 is 11.4 Å². The molecule has 0 unspecified atom stereocenters. The second-order valence-corrected chi connectivity index (χ2v) is 26.9. The summed E-state index contributed by atoms with van der Waals surface area (Å²) in [6, 6.07) is 0. The molecule has 0 heterocycles. The Kier molecular flexibility index (Phi) is 61.1. The molecule has 0 atom stereocenters. The standard InChI is InChI=1S/2C24H51O2PS2.Zn/c2*1-3-5-7-9-11-13-15-17-19-21-23-25-27(28,29)26-24-22-20-18-16-14-12-10-8-6-4-2;/h2*3-24H2,1-2H3,(H,28,29);/q;;+2/p-2. The Balaban J connectivity index is -0.00000105. The number of hydrogen-bond acceptors (Lipinski definition) is 8. The Hall–Kier alpha value is 2.46. The molecule has 0 radical (unpaired) electrons. The predicted octanol–water partition coefficient (Wildman–Crippen LogP) is 19.3. The zero-order valence-corrected chi connectivity index (χ0v) is 48.0. The first-order valence-corrected chi connectivity index (χ1v) is 32.7. The summed E-state index contributed by atoms with van der Waals surface area (Å²) in [5, 5.41) is 0. The van der Waals surface area contributed by atoms with E-state index in [9.17, 15) is 0 Å². The van der Waals surface area contributed by atoms with Crippen molar-refractivity contribution in [2.45, 2.75) is 285 Å². The number of hydrogen-bond donors (Lipinski definition) is 0. The van der Waals surface area contributed by atoms with Crippen molar-refractivity contribution in [1.29, 1.82) is 0 Å². The van der Waals surface area contributed by atoms with Gasteiger partial charge in [-0.15, -0.1) is 0 Å². The van der Waals surface area contributed by atoms with Crippen LogP contribution in [0.2, 0.25) is 0 Å². The van der Waals surface area contributed by atoms with Crippen molar-refractivity contribution in [2.75, 3.05) is 26.4 Å². The van der Waals surface area contributed by atoms with E-state index in [1.165, 1.54) is 231 Å². The summed E-state index contributed by atoms with van der Waals surface area (Å²) in [6.45, 7) is 11.8. The average molecular weight is 997 g/mol. The zero-order chi connectivity index (χ0) is 42.9. The van der Waals surface area contributed by atoms with Crippen LogP contribution in [0.5, 0.6) is 0 Å². The average Bonchev–Trinajstić information content (AvgIpc) is 3.20. The van der Waals surface area contributed by atoms with Crippen molar-refractivity contribution in [3.63, 3.8) is 0 Å². The fourth-order valence-corrected chi connectivity index (χ4v) is 10.5. The van der Waals surface area contributed by atoms with Crippen LogP contribution >= 0.6 is 11.4 Å². The van der Waals surface area contributed by atoms with E-state index in [1.807, 2.05) is 0 Å². The van der Waals surface area contributed by atoms with Crippen molar-refractivity contribution in [3.05, 3.63) is 0 Å². The van der Waals surface area contributed by atoms with Crippen molar-refractivity contribution in [3.8, 4) is 0 Å². The molecule has 59 heavy (non-hydrogen) atoms. The molecule has 11 heteroatoms. The Morgan fingerprint density at radius 3 is 0.508 bits per heavy atom. The molecule has 0 aliphatic rings. The molecule has 0 aromatic rings. The third-order valence-electron chi connectivity index (χ3n) is 11.0. The molecule has 352 valence electrons. The molecular formula is C48H100O4P2S4Zn. The Bertz CT molecular complexity index is 749.